The van der Waals surface area contributed by atoms with E-state index in [4.69, 9.17) is 5.73 Å². The number of hydrogen-bond acceptors (Lipinski definition) is 7. The molecule has 0 aliphatic heterocycles. The predicted molar refractivity (Wildman–Crippen MR) is 189 cm³/mol. The Morgan fingerprint density at radius 3 is 1.60 bits per heavy atom. The van der Waals surface area contributed by atoms with E-state index < -0.39 is 112 Å². The fourth-order valence-electron chi connectivity index (χ4n) is 5.12. The van der Waals surface area contributed by atoms with Crippen molar-refractivity contribution in [3.8, 4) is 0 Å². The Balaban J connectivity index is 0.000000350. The van der Waals surface area contributed by atoms with Crippen LogP contribution in [-0.2, 0) is 24.7 Å². The number of thioether (sulfide) groups is 1. The topological polar surface area (TPSA) is 108 Å². The van der Waals surface area contributed by atoms with Crippen molar-refractivity contribution in [3.05, 3.63) is 97.0 Å². The van der Waals surface area contributed by atoms with E-state index in [1.165, 1.54) is 11.5 Å². The van der Waals surface area contributed by atoms with Crippen molar-refractivity contribution in [3.63, 3.8) is 0 Å². The summed E-state index contributed by atoms with van der Waals surface area (Å²) in [5.74, 6) is -2.89. The summed E-state index contributed by atoms with van der Waals surface area (Å²) in [6.07, 6.45) is -26.5. The highest BCUT2D eigenvalue weighted by atomic mass is 32.2. The quantitative estimate of drug-likeness (QED) is 0.138. The monoisotopic (exact) mass is 944 g/mol. The Morgan fingerprint density at radius 2 is 1.19 bits per heavy atom. The molecule has 0 bridgehead atoms. The average molecular weight is 945 g/mol. The summed E-state index contributed by atoms with van der Waals surface area (Å²) in [7, 11) is 0. The Bertz CT molecular complexity index is 2200. The minimum atomic E-state index is -5.13. The van der Waals surface area contributed by atoms with Gasteiger partial charge < -0.3 is 11.1 Å². The first-order chi connectivity index (χ1) is 28.0. The molecule has 4 rings (SSSR count). The van der Waals surface area contributed by atoms with Crippen molar-refractivity contribution >= 4 is 23.4 Å². The van der Waals surface area contributed by atoms with Gasteiger partial charge in [-0.1, -0.05) is 31.7 Å². The number of rotatable bonds is 7. The summed E-state index contributed by atoms with van der Waals surface area (Å²) in [4.78, 5) is 30.5. The van der Waals surface area contributed by atoms with E-state index in [1.54, 1.807) is 20.1 Å². The van der Waals surface area contributed by atoms with Crippen LogP contribution in [0.15, 0.2) is 68.5 Å². The molecule has 3 atom stereocenters. The van der Waals surface area contributed by atoms with Gasteiger partial charge in [-0.05, 0) is 63.6 Å². The Labute approximate surface area is 342 Å². The zero-order chi connectivity index (χ0) is 48.1. The van der Waals surface area contributed by atoms with Crippen LogP contribution in [0.5, 0.6) is 0 Å². The minimum Gasteiger partial charge on any atom is -0.398 e. The highest BCUT2D eigenvalue weighted by Gasteiger charge is 2.44. The molecule has 3 N–H and O–H groups in total. The first-order valence-electron chi connectivity index (χ1n) is 17.3. The summed E-state index contributed by atoms with van der Waals surface area (Å²) in [5, 5.41) is 1.96. The highest BCUT2D eigenvalue weighted by molar-refractivity contribution is 7.98. The SMILES string of the molecule is CCC(C)n1c(Nc2cc(C(F)(F)F)ccc2C(F)(F)F)nc(C(F)(F)F)cc1=O.CCC(C)n1c(SC)nc(C(F)(F)F)cc1=O.NC1=CC(C(F)(F)F)CC=C1C(F)(F)F. The van der Waals surface area contributed by atoms with Gasteiger partial charge in [-0.25, -0.2) is 9.97 Å². The minimum absolute atomic E-state index is 0.0934. The van der Waals surface area contributed by atoms with Crippen LogP contribution in [0, 0.1) is 5.92 Å². The number of alkyl halides is 18. The summed E-state index contributed by atoms with van der Waals surface area (Å²) >= 11 is 1.04. The van der Waals surface area contributed by atoms with E-state index in [0.29, 0.717) is 29.2 Å². The molecule has 0 saturated carbocycles. The van der Waals surface area contributed by atoms with Crippen LogP contribution in [0.3, 0.4) is 0 Å². The van der Waals surface area contributed by atoms with Crippen LogP contribution in [0.1, 0.15) is 81.6 Å². The van der Waals surface area contributed by atoms with E-state index in [0.717, 1.165) is 11.8 Å². The van der Waals surface area contributed by atoms with Crippen LogP contribution < -0.4 is 22.2 Å². The molecule has 1 aliphatic rings. The Kier molecular flexibility index (Phi) is 16.9. The van der Waals surface area contributed by atoms with Gasteiger partial charge in [-0.15, -0.1) is 0 Å². The van der Waals surface area contributed by atoms with Gasteiger partial charge >= 0.3 is 37.1 Å². The van der Waals surface area contributed by atoms with Crippen molar-refractivity contribution in [1.82, 2.24) is 19.1 Å². The lowest BCUT2D eigenvalue weighted by Gasteiger charge is -2.22. The Hall–Kier alpha value is -4.85. The van der Waals surface area contributed by atoms with E-state index in [9.17, 15) is 88.6 Å². The molecule has 3 unspecified atom stereocenters. The van der Waals surface area contributed by atoms with Crippen LogP contribution in [0.4, 0.5) is 90.7 Å². The molecule has 0 saturated heterocycles. The lowest BCUT2D eigenvalue weighted by Crippen LogP contribution is -2.29. The zero-order valence-electron chi connectivity index (χ0n) is 32.3. The number of halogens is 18. The molecule has 0 fully saturated rings. The number of allylic oxidation sites excluding steroid dienone is 3. The van der Waals surface area contributed by atoms with Crippen molar-refractivity contribution in [2.75, 3.05) is 11.6 Å². The van der Waals surface area contributed by atoms with Crippen LogP contribution in [0.25, 0.3) is 0 Å². The van der Waals surface area contributed by atoms with Gasteiger partial charge in [0.05, 0.1) is 28.3 Å². The third-order valence-electron chi connectivity index (χ3n) is 8.59. The second-order valence-electron chi connectivity index (χ2n) is 13.0. The van der Waals surface area contributed by atoms with Gasteiger partial charge in [0, 0.05) is 29.9 Å². The zero-order valence-corrected chi connectivity index (χ0v) is 33.1. The molecule has 348 valence electrons. The van der Waals surface area contributed by atoms with Gasteiger partial charge in [0.15, 0.2) is 16.5 Å². The van der Waals surface area contributed by atoms with Gasteiger partial charge in [-0.2, -0.15) is 79.0 Å². The molecule has 2 heterocycles. The summed E-state index contributed by atoms with van der Waals surface area (Å²) < 4.78 is 230. The standard InChI is InChI=1S/C17H14F9N3O.C10H13F3N2OS.C8H7F6N/c1-3-8(2)29-13(30)7-12(17(24,25)26)28-14(29)27-11-6-9(15(18,19)20)4-5-10(11)16(21,22)23;1-4-6(2)15-8(16)5-7(10(11,12)13)14-9(15)17-3;9-7(10,11)4-1-2-5(6(15)3-4)8(12,13)14/h4-8H,3H2,1-2H3,(H,27,28);5-6H,4H2,1-3H3;2-4H,1,15H2. The number of anilines is 2. The van der Waals surface area contributed by atoms with Crippen LogP contribution in [-0.4, -0.2) is 37.7 Å². The largest absolute Gasteiger partial charge is 0.433 e. The predicted octanol–water partition coefficient (Wildman–Crippen LogP) is 11.9. The first-order valence-corrected chi connectivity index (χ1v) is 18.5. The molecule has 1 aliphatic carbocycles. The third-order valence-corrected chi connectivity index (χ3v) is 9.24. The van der Waals surface area contributed by atoms with E-state index >= 15 is 0 Å². The molecule has 3 aromatic rings. The number of aromatic nitrogens is 4. The molecule has 2 aromatic heterocycles. The van der Waals surface area contributed by atoms with Crippen LogP contribution in [0.2, 0.25) is 0 Å². The van der Waals surface area contributed by atoms with Crippen molar-refractivity contribution in [2.24, 2.45) is 11.7 Å². The molecule has 0 spiro atoms. The summed E-state index contributed by atoms with van der Waals surface area (Å²) in [6, 6.07) is 0.158. The molecule has 1 aromatic carbocycles. The number of nitrogens with one attached hydrogen (secondary N) is 1. The maximum absolute atomic E-state index is 13.3. The third kappa shape index (κ3) is 14.1. The lowest BCUT2D eigenvalue weighted by molar-refractivity contribution is -0.161. The Morgan fingerprint density at radius 1 is 0.710 bits per heavy atom. The van der Waals surface area contributed by atoms with Crippen molar-refractivity contribution in [1.29, 1.82) is 0 Å². The van der Waals surface area contributed by atoms with Gasteiger partial charge in [0.1, 0.15) is 0 Å². The fourth-order valence-corrected chi connectivity index (χ4v) is 5.77. The average Bonchev–Trinajstić information content (AvgIpc) is 3.11. The van der Waals surface area contributed by atoms with Crippen molar-refractivity contribution < 1.29 is 79.0 Å². The molecule has 0 radical (unpaired) electrons. The molecule has 27 heteroatoms. The molecule has 8 nitrogen and oxygen atoms in total. The van der Waals surface area contributed by atoms with Gasteiger partial charge in [-0.3, -0.25) is 18.7 Å². The van der Waals surface area contributed by atoms with Gasteiger partial charge in [0.2, 0.25) is 5.95 Å². The number of nitrogens with zero attached hydrogens (tertiary/aromatic N) is 4. The normalized spacial score (nSPS) is 16.2. The maximum atomic E-state index is 13.3. The number of nitrogens with two attached hydrogens (primary N) is 1. The van der Waals surface area contributed by atoms with Crippen LogP contribution >= 0.6 is 11.8 Å². The molecular weight excluding hydrogens is 910 g/mol. The van der Waals surface area contributed by atoms with Crippen molar-refractivity contribution in [2.45, 2.75) is 101 Å². The maximum Gasteiger partial charge on any atom is 0.433 e. The number of hydrogen-bond donors (Lipinski definition) is 2. The fraction of sp³-hybridized carbons (Fsp3) is 0.486. The number of benzene rings is 1. The van der Waals surface area contributed by atoms with E-state index in [1.807, 2.05) is 12.2 Å². The van der Waals surface area contributed by atoms with E-state index in [-0.39, 0.29) is 41.9 Å². The summed E-state index contributed by atoms with van der Waals surface area (Å²) in [6.45, 7) is 6.57. The molecule has 62 heavy (non-hydrogen) atoms. The van der Waals surface area contributed by atoms with Gasteiger partial charge in [0.25, 0.3) is 11.1 Å². The van der Waals surface area contributed by atoms with E-state index in [2.05, 4.69) is 9.97 Å². The second-order valence-corrected chi connectivity index (χ2v) is 13.8. The summed E-state index contributed by atoms with van der Waals surface area (Å²) in [5.41, 5.74) is -6.09. The molecular formula is C35H34F18N6O2S. The molecule has 0 amide bonds. The highest BCUT2D eigenvalue weighted by Crippen LogP contribution is 2.41. The first kappa shape index (κ1) is 53.3. The smallest absolute Gasteiger partial charge is 0.398 e. The lowest BCUT2D eigenvalue weighted by atomic mass is 9.93. The second kappa shape index (κ2) is 19.7.